The predicted molar refractivity (Wildman–Crippen MR) is 81.6 cm³/mol. The fourth-order valence-electron chi connectivity index (χ4n) is 1.67. The number of aromatic nitrogens is 1. The van der Waals surface area contributed by atoms with Crippen LogP contribution in [0.25, 0.3) is 0 Å². The molecule has 1 unspecified atom stereocenters. The van der Waals surface area contributed by atoms with Crippen molar-refractivity contribution >= 4 is 21.5 Å². The molecule has 23 heavy (non-hydrogen) atoms. The van der Waals surface area contributed by atoms with Crippen LogP contribution in [0.3, 0.4) is 0 Å². The Morgan fingerprint density at radius 2 is 1.96 bits per heavy atom. The van der Waals surface area contributed by atoms with E-state index in [0.717, 1.165) is 24.4 Å². The number of anilines is 2. The van der Waals surface area contributed by atoms with Gasteiger partial charge in [0.1, 0.15) is 10.7 Å². The lowest BCUT2D eigenvalue weighted by molar-refractivity contribution is 0.208. The third-order valence-corrected chi connectivity index (χ3v) is 4.16. The van der Waals surface area contributed by atoms with Crippen molar-refractivity contribution in [2.75, 3.05) is 16.6 Å². The lowest BCUT2D eigenvalue weighted by atomic mass is 10.3. The summed E-state index contributed by atoms with van der Waals surface area (Å²) < 4.78 is 52.4. The first-order valence-corrected chi connectivity index (χ1v) is 8.12. The number of hydrogen-bond acceptors (Lipinski definition) is 5. The van der Waals surface area contributed by atoms with E-state index < -0.39 is 27.8 Å². The summed E-state index contributed by atoms with van der Waals surface area (Å²) in [4.78, 5) is 3.78. The number of sulfonamides is 1. The molecule has 0 spiro atoms. The lowest BCUT2D eigenvalue weighted by Crippen LogP contribution is -2.17. The zero-order valence-electron chi connectivity index (χ0n) is 12.1. The monoisotopic (exact) mass is 343 g/mol. The van der Waals surface area contributed by atoms with Gasteiger partial charge < -0.3 is 10.4 Å². The van der Waals surface area contributed by atoms with E-state index in [0.29, 0.717) is 5.82 Å². The summed E-state index contributed by atoms with van der Waals surface area (Å²) in [6.45, 7) is 1.86. The first kappa shape index (κ1) is 17.1. The Hall–Kier alpha value is -2.26. The van der Waals surface area contributed by atoms with Crippen molar-refractivity contribution in [3.05, 3.63) is 48.2 Å². The molecule has 6 nitrogen and oxygen atoms in total. The maximum absolute atomic E-state index is 13.1. The Morgan fingerprint density at radius 3 is 2.52 bits per heavy atom. The number of nitrogens with zero attached hydrogens (tertiary/aromatic N) is 1. The molecule has 0 aliphatic heterocycles. The molecule has 0 fully saturated rings. The number of hydrogen-bond donors (Lipinski definition) is 3. The first-order valence-electron chi connectivity index (χ1n) is 6.64. The molecule has 0 saturated heterocycles. The molecular weight excluding hydrogens is 328 g/mol. The van der Waals surface area contributed by atoms with Gasteiger partial charge in [-0.1, -0.05) is 0 Å². The van der Waals surface area contributed by atoms with E-state index in [1.165, 1.54) is 12.1 Å². The van der Waals surface area contributed by atoms with Crippen LogP contribution in [0.2, 0.25) is 0 Å². The van der Waals surface area contributed by atoms with Crippen molar-refractivity contribution in [1.82, 2.24) is 4.98 Å². The van der Waals surface area contributed by atoms with Crippen molar-refractivity contribution in [3.8, 4) is 0 Å². The van der Waals surface area contributed by atoms with Crippen molar-refractivity contribution in [3.63, 3.8) is 0 Å². The summed E-state index contributed by atoms with van der Waals surface area (Å²) in [6.07, 6.45) is 0.544. The van der Waals surface area contributed by atoms with Gasteiger partial charge in [-0.3, -0.25) is 4.72 Å². The Morgan fingerprint density at radius 1 is 1.22 bits per heavy atom. The van der Waals surface area contributed by atoms with E-state index in [4.69, 9.17) is 5.11 Å². The highest BCUT2D eigenvalue weighted by molar-refractivity contribution is 7.92. The van der Waals surface area contributed by atoms with Gasteiger partial charge in [0.2, 0.25) is 0 Å². The number of rotatable bonds is 6. The van der Waals surface area contributed by atoms with E-state index in [-0.39, 0.29) is 17.1 Å². The van der Waals surface area contributed by atoms with Gasteiger partial charge in [-0.05, 0) is 31.2 Å². The van der Waals surface area contributed by atoms with Crippen LogP contribution in [0.5, 0.6) is 0 Å². The van der Waals surface area contributed by atoms with Crippen LogP contribution in [0.1, 0.15) is 6.92 Å². The Labute approximate surface area is 132 Å². The van der Waals surface area contributed by atoms with E-state index in [1.807, 2.05) is 0 Å². The maximum Gasteiger partial charge on any atom is 0.263 e. The molecule has 0 radical (unpaired) electrons. The highest BCUT2D eigenvalue weighted by atomic mass is 32.2. The van der Waals surface area contributed by atoms with Crippen LogP contribution in [0, 0.1) is 11.6 Å². The van der Waals surface area contributed by atoms with Gasteiger partial charge in [0, 0.05) is 18.8 Å². The largest absolute Gasteiger partial charge is 0.392 e. The van der Waals surface area contributed by atoms with Gasteiger partial charge in [0.15, 0.2) is 11.6 Å². The summed E-state index contributed by atoms with van der Waals surface area (Å²) in [7, 11) is -3.97. The zero-order chi connectivity index (χ0) is 17.0. The standard InChI is InChI=1S/C14H15F2N3O3S/c1-9(20)7-17-14-5-3-11(8-18-14)23(21,22)19-10-2-4-12(15)13(16)6-10/h2-6,8-9,19-20H,7H2,1H3,(H,17,18). The van der Waals surface area contributed by atoms with E-state index in [1.54, 1.807) is 6.92 Å². The van der Waals surface area contributed by atoms with Gasteiger partial charge in [-0.15, -0.1) is 0 Å². The van der Waals surface area contributed by atoms with Crippen molar-refractivity contribution in [2.24, 2.45) is 0 Å². The molecule has 1 aromatic carbocycles. The molecule has 3 N–H and O–H groups in total. The van der Waals surface area contributed by atoms with E-state index >= 15 is 0 Å². The summed E-state index contributed by atoms with van der Waals surface area (Å²) >= 11 is 0. The molecule has 1 atom stereocenters. The zero-order valence-corrected chi connectivity index (χ0v) is 12.9. The summed E-state index contributed by atoms with van der Waals surface area (Å²) in [5.74, 6) is -1.82. The molecule has 2 rings (SSSR count). The van der Waals surface area contributed by atoms with Gasteiger partial charge in [0.25, 0.3) is 10.0 Å². The SMILES string of the molecule is CC(O)CNc1ccc(S(=O)(=O)Nc2ccc(F)c(F)c2)cn1. The predicted octanol–water partition coefficient (Wildman–Crippen LogP) is 1.95. The number of nitrogens with one attached hydrogen (secondary N) is 2. The fraction of sp³-hybridized carbons (Fsp3) is 0.214. The average molecular weight is 343 g/mol. The molecule has 0 bridgehead atoms. The molecule has 0 saturated carbocycles. The highest BCUT2D eigenvalue weighted by Gasteiger charge is 2.16. The van der Waals surface area contributed by atoms with Crippen LogP contribution in [0.4, 0.5) is 20.3 Å². The molecule has 9 heteroatoms. The topological polar surface area (TPSA) is 91.3 Å². The van der Waals surface area contributed by atoms with Crippen molar-refractivity contribution in [2.45, 2.75) is 17.9 Å². The number of aliphatic hydroxyl groups is 1. The molecule has 0 aliphatic carbocycles. The molecule has 0 aliphatic rings. The van der Waals surface area contributed by atoms with Crippen molar-refractivity contribution < 1.29 is 22.3 Å². The number of halogens is 2. The second-order valence-electron chi connectivity index (χ2n) is 4.84. The Kier molecular flexibility index (Phi) is 5.12. The number of benzene rings is 1. The van der Waals surface area contributed by atoms with E-state index in [9.17, 15) is 17.2 Å². The van der Waals surface area contributed by atoms with Crippen LogP contribution in [0.15, 0.2) is 41.4 Å². The second kappa shape index (κ2) is 6.88. The quantitative estimate of drug-likeness (QED) is 0.746. The van der Waals surface area contributed by atoms with Crippen molar-refractivity contribution in [1.29, 1.82) is 0 Å². The van der Waals surface area contributed by atoms with Gasteiger partial charge in [-0.25, -0.2) is 22.2 Å². The maximum atomic E-state index is 13.1. The normalized spacial score (nSPS) is 12.7. The van der Waals surface area contributed by atoms with E-state index in [2.05, 4.69) is 15.0 Å². The Balaban J connectivity index is 2.14. The lowest BCUT2D eigenvalue weighted by Gasteiger charge is -2.10. The minimum atomic E-state index is -3.97. The molecule has 0 amide bonds. The van der Waals surface area contributed by atoms with Gasteiger partial charge in [-0.2, -0.15) is 0 Å². The fourth-order valence-corrected chi connectivity index (χ4v) is 2.66. The molecule has 1 aromatic heterocycles. The smallest absolute Gasteiger partial charge is 0.263 e. The van der Waals surface area contributed by atoms with Crippen LogP contribution >= 0.6 is 0 Å². The molecule has 2 aromatic rings. The Bertz CT molecular complexity index is 780. The van der Waals surface area contributed by atoms with Crippen LogP contribution < -0.4 is 10.0 Å². The van der Waals surface area contributed by atoms with Crippen LogP contribution in [-0.4, -0.2) is 31.2 Å². The first-order chi connectivity index (χ1) is 10.8. The number of pyridine rings is 1. The highest BCUT2D eigenvalue weighted by Crippen LogP contribution is 2.18. The molecule has 1 heterocycles. The third kappa shape index (κ3) is 4.60. The second-order valence-corrected chi connectivity index (χ2v) is 6.53. The third-order valence-electron chi connectivity index (χ3n) is 2.80. The molecular formula is C14H15F2N3O3S. The average Bonchev–Trinajstić information content (AvgIpc) is 2.49. The summed E-state index contributed by atoms with van der Waals surface area (Å²) in [5.41, 5.74) is -0.0970. The van der Waals surface area contributed by atoms with Gasteiger partial charge in [0.05, 0.1) is 11.8 Å². The summed E-state index contributed by atoms with van der Waals surface area (Å²) in [6, 6.07) is 5.43. The number of aliphatic hydroxyl groups excluding tert-OH is 1. The minimum absolute atomic E-state index is 0.0970. The minimum Gasteiger partial charge on any atom is -0.392 e. The summed E-state index contributed by atoms with van der Waals surface area (Å²) in [5, 5.41) is 12.0. The van der Waals surface area contributed by atoms with Gasteiger partial charge >= 0.3 is 0 Å². The van der Waals surface area contributed by atoms with Crippen LogP contribution in [-0.2, 0) is 10.0 Å². The molecule has 124 valence electrons.